The van der Waals surface area contributed by atoms with Crippen LogP contribution in [0.5, 0.6) is 0 Å². The predicted octanol–water partition coefficient (Wildman–Crippen LogP) is 3.12. The van der Waals surface area contributed by atoms with E-state index in [1.54, 1.807) is 11.3 Å². The van der Waals surface area contributed by atoms with Gasteiger partial charge in [-0.2, -0.15) is 0 Å². The molecule has 3 nitrogen and oxygen atoms in total. The molecule has 1 aromatic carbocycles. The van der Waals surface area contributed by atoms with E-state index in [9.17, 15) is 4.79 Å². The summed E-state index contributed by atoms with van der Waals surface area (Å²) in [7, 11) is 0. The van der Waals surface area contributed by atoms with Crippen molar-refractivity contribution in [2.24, 2.45) is 0 Å². The predicted molar refractivity (Wildman–Crippen MR) is 87.0 cm³/mol. The first-order chi connectivity index (χ1) is 10.1. The average molecular weight is 303 g/mol. The Morgan fingerprint density at radius 2 is 2.24 bits per heavy atom. The lowest BCUT2D eigenvalue weighted by atomic mass is 10.0. The van der Waals surface area contributed by atoms with Crippen molar-refractivity contribution in [2.75, 3.05) is 19.7 Å². The van der Waals surface area contributed by atoms with E-state index in [1.807, 2.05) is 12.1 Å². The number of benzene rings is 1. The summed E-state index contributed by atoms with van der Waals surface area (Å²) < 4.78 is 6.94. The van der Waals surface area contributed by atoms with Gasteiger partial charge in [0.25, 0.3) is 0 Å². The quantitative estimate of drug-likeness (QED) is 0.869. The second-order valence-electron chi connectivity index (χ2n) is 5.85. The smallest absolute Gasteiger partial charge is 0.167 e. The van der Waals surface area contributed by atoms with Crippen LogP contribution in [-0.4, -0.2) is 42.5 Å². The number of rotatable bonds is 4. The number of ether oxygens (including phenoxy) is 1. The molecule has 21 heavy (non-hydrogen) atoms. The molecule has 0 N–H and O–H groups in total. The van der Waals surface area contributed by atoms with Gasteiger partial charge in [-0.3, -0.25) is 9.69 Å². The molecule has 4 heteroatoms. The summed E-state index contributed by atoms with van der Waals surface area (Å²) >= 11 is 1.70. The fraction of sp³-hybridized carbons (Fsp3) is 0.471. The standard InChI is InChI=1S/C17H21NO2S/c1-12(2)18-7-8-20-16(10-18)15(19)9-13-11-21-17-6-4-3-5-14(13)17/h3-6,11-12,16H,7-10H2,1-2H3. The van der Waals surface area contributed by atoms with E-state index in [1.165, 1.54) is 10.1 Å². The monoisotopic (exact) mass is 303 g/mol. The van der Waals surface area contributed by atoms with Gasteiger partial charge >= 0.3 is 0 Å². The Hall–Kier alpha value is -1.23. The van der Waals surface area contributed by atoms with Crippen LogP contribution in [0.25, 0.3) is 10.1 Å². The van der Waals surface area contributed by atoms with E-state index >= 15 is 0 Å². The summed E-state index contributed by atoms with van der Waals surface area (Å²) in [5.74, 6) is 0.198. The van der Waals surface area contributed by atoms with Crippen LogP contribution in [0.3, 0.4) is 0 Å². The summed E-state index contributed by atoms with van der Waals surface area (Å²) in [6.45, 7) is 6.62. The van der Waals surface area contributed by atoms with Crippen molar-refractivity contribution < 1.29 is 9.53 Å². The molecular weight excluding hydrogens is 282 g/mol. The number of ketones is 1. The van der Waals surface area contributed by atoms with E-state index in [4.69, 9.17) is 4.74 Å². The fourth-order valence-corrected chi connectivity index (χ4v) is 3.77. The molecule has 3 rings (SSSR count). The van der Waals surface area contributed by atoms with Crippen LogP contribution in [0.1, 0.15) is 19.4 Å². The lowest BCUT2D eigenvalue weighted by Crippen LogP contribution is -2.49. The molecule has 0 radical (unpaired) electrons. The highest BCUT2D eigenvalue weighted by Crippen LogP contribution is 2.26. The highest BCUT2D eigenvalue weighted by atomic mass is 32.1. The third kappa shape index (κ3) is 3.18. The molecule has 2 heterocycles. The van der Waals surface area contributed by atoms with E-state index in [0.717, 1.165) is 18.7 Å². The Balaban J connectivity index is 1.71. The maximum Gasteiger partial charge on any atom is 0.167 e. The van der Waals surface area contributed by atoms with Gasteiger partial charge in [0.1, 0.15) is 6.10 Å². The number of carbonyl (C=O) groups is 1. The number of thiophene rings is 1. The summed E-state index contributed by atoms with van der Waals surface area (Å²) in [6.07, 6.45) is 0.195. The van der Waals surface area contributed by atoms with Gasteiger partial charge in [0.05, 0.1) is 6.61 Å². The number of Topliss-reactive ketones (excluding diaryl/α,β-unsaturated/α-hetero) is 1. The van der Waals surface area contributed by atoms with Gasteiger partial charge in [-0.1, -0.05) is 18.2 Å². The minimum Gasteiger partial charge on any atom is -0.368 e. The maximum atomic E-state index is 12.5. The number of morpholine rings is 1. The van der Waals surface area contributed by atoms with Gasteiger partial charge in [-0.05, 0) is 36.2 Å². The minimum atomic E-state index is -0.278. The molecule has 1 aliphatic rings. The number of hydrogen-bond donors (Lipinski definition) is 0. The van der Waals surface area contributed by atoms with E-state index in [0.29, 0.717) is 19.1 Å². The van der Waals surface area contributed by atoms with Crippen LogP contribution in [-0.2, 0) is 16.0 Å². The fourth-order valence-electron chi connectivity index (χ4n) is 2.80. The Kier molecular flexibility index (Phi) is 4.38. The third-order valence-electron chi connectivity index (χ3n) is 4.11. The first-order valence-electron chi connectivity index (χ1n) is 7.48. The molecule has 1 aromatic heterocycles. The normalized spacial score (nSPS) is 20.2. The van der Waals surface area contributed by atoms with Crippen molar-refractivity contribution in [1.82, 2.24) is 4.90 Å². The Morgan fingerprint density at radius 1 is 1.43 bits per heavy atom. The Morgan fingerprint density at radius 3 is 3.05 bits per heavy atom. The summed E-state index contributed by atoms with van der Waals surface area (Å²) in [4.78, 5) is 14.8. The van der Waals surface area contributed by atoms with Crippen LogP contribution in [0, 0.1) is 0 Å². The van der Waals surface area contributed by atoms with Crippen molar-refractivity contribution in [1.29, 1.82) is 0 Å². The van der Waals surface area contributed by atoms with Gasteiger partial charge in [0, 0.05) is 30.3 Å². The zero-order valence-electron chi connectivity index (χ0n) is 12.5. The SMILES string of the molecule is CC(C)N1CCOC(C(=O)Cc2csc3ccccc23)C1. The number of nitrogens with zero attached hydrogens (tertiary/aromatic N) is 1. The average Bonchev–Trinajstić information content (AvgIpc) is 2.91. The lowest BCUT2D eigenvalue weighted by molar-refractivity contribution is -0.136. The van der Waals surface area contributed by atoms with Gasteiger partial charge in [0.15, 0.2) is 5.78 Å². The summed E-state index contributed by atoms with van der Waals surface area (Å²) in [5, 5.41) is 3.30. The Bertz CT molecular complexity index is 635. The summed E-state index contributed by atoms with van der Waals surface area (Å²) in [6, 6.07) is 8.73. The maximum absolute atomic E-state index is 12.5. The van der Waals surface area contributed by atoms with Crippen LogP contribution < -0.4 is 0 Å². The van der Waals surface area contributed by atoms with Gasteiger partial charge in [-0.25, -0.2) is 0 Å². The van der Waals surface area contributed by atoms with Crippen LogP contribution in [0.4, 0.5) is 0 Å². The molecule has 2 aromatic rings. The first-order valence-corrected chi connectivity index (χ1v) is 8.36. The van der Waals surface area contributed by atoms with Crippen LogP contribution >= 0.6 is 11.3 Å². The molecule has 0 spiro atoms. The van der Waals surface area contributed by atoms with E-state index < -0.39 is 0 Å². The summed E-state index contributed by atoms with van der Waals surface area (Å²) in [5.41, 5.74) is 1.13. The second-order valence-corrected chi connectivity index (χ2v) is 6.76. The zero-order chi connectivity index (χ0) is 14.8. The third-order valence-corrected chi connectivity index (χ3v) is 5.13. The van der Waals surface area contributed by atoms with Crippen LogP contribution in [0.15, 0.2) is 29.6 Å². The molecule has 1 aliphatic heterocycles. The highest BCUT2D eigenvalue weighted by Gasteiger charge is 2.28. The minimum absolute atomic E-state index is 0.198. The van der Waals surface area contributed by atoms with E-state index in [-0.39, 0.29) is 11.9 Å². The topological polar surface area (TPSA) is 29.5 Å². The van der Waals surface area contributed by atoms with Crippen molar-refractivity contribution in [3.05, 3.63) is 35.2 Å². The van der Waals surface area contributed by atoms with Crippen molar-refractivity contribution >= 4 is 27.2 Å². The molecule has 1 fully saturated rings. The van der Waals surface area contributed by atoms with Gasteiger partial charge in [0.2, 0.25) is 0 Å². The second kappa shape index (κ2) is 6.26. The van der Waals surface area contributed by atoms with E-state index in [2.05, 4.69) is 36.3 Å². The van der Waals surface area contributed by atoms with Gasteiger partial charge in [-0.15, -0.1) is 11.3 Å². The molecule has 1 atom stereocenters. The number of fused-ring (bicyclic) bond motifs is 1. The molecular formula is C17H21NO2S. The molecule has 0 bridgehead atoms. The molecule has 0 aliphatic carbocycles. The van der Waals surface area contributed by atoms with Crippen molar-refractivity contribution in [3.63, 3.8) is 0 Å². The molecule has 1 unspecified atom stereocenters. The molecule has 1 saturated heterocycles. The lowest BCUT2D eigenvalue weighted by Gasteiger charge is -2.34. The zero-order valence-corrected chi connectivity index (χ0v) is 13.4. The first kappa shape index (κ1) is 14.7. The molecule has 0 saturated carbocycles. The number of hydrogen-bond acceptors (Lipinski definition) is 4. The molecule has 0 amide bonds. The van der Waals surface area contributed by atoms with Crippen molar-refractivity contribution in [3.8, 4) is 0 Å². The van der Waals surface area contributed by atoms with Crippen LogP contribution in [0.2, 0.25) is 0 Å². The highest BCUT2D eigenvalue weighted by molar-refractivity contribution is 7.17. The number of carbonyl (C=O) groups excluding carboxylic acids is 1. The largest absolute Gasteiger partial charge is 0.368 e. The molecule has 112 valence electrons. The van der Waals surface area contributed by atoms with Crippen molar-refractivity contribution in [2.45, 2.75) is 32.4 Å². The Labute approximate surface area is 129 Å². The van der Waals surface area contributed by atoms with Gasteiger partial charge < -0.3 is 4.74 Å².